The van der Waals surface area contributed by atoms with Crippen LogP contribution in [0.15, 0.2) is 24.5 Å². The van der Waals surface area contributed by atoms with Crippen molar-refractivity contribution in [3.05, 3.63) is 34.3 Å². The fourth-order valence-corrected chi connectivity index (χ4v) is 2.63. The van der Waals surface area contributed by atoms with Crippen molar-refractivity contribution < 1.29 is 0 Å². The minimum atomic E-state index is 0.195. The third-order valence-electron chi connectivity index (χ3n) is 2.66. The maximum atomic E-state index is 4.11. The quantitative estimate of drug-likeness (QED) is 0.780. The van der Waals surface area contributed by atoms with Crippen LogP contribution in [-0.2, 0) is 0 Å². The Morgan fingerprint density at radius 3 is 3.00 bits per heavy atom. The molecule has 0 aliphatic heterocycles. The van der Waals surface area contributed by atoms with Gasteiger partial charge in [0.1, 0.15) is 0 Å². The van der Waals surface area contributed by atoms with Crippen LogP contribution in [0, 0.1) is 6.92 Å². The number of anilines is 1. The molecule has 0 aromatic carbocycles. The molecule has 1 atom stereocenters. The van der Waals surface area contributed by atoms with E-state index in [1.807, 2.05) is 0 Å². The molecule has 0 aliphatic rings. The Kier molecular flexibility index (Phi) is 2.67. The van der Waals surface area contributed by atoms with E-state index in [0.29, 0.717) is 5.65 Å². The Balaban J connectivity index is 1.90. The summed E-state index contributed by atoms with van der Waals surface area (Å²) >= 11 is 1.78. The molecule has 6 nitrogen and oxygen atoms in total. The predicted molar refractivity (Wildman–Crippen MR) is 69.7 cm³/mol. The highest BCUT2D eigenvalue weighted by Gasteiger charge is 2.10. The van der Waals surface area contributed by atoms with Crippen LogP contribution in [0.5, 0.6) is 0 Å². The first-order chi connectivity index (χ1) is 8.74. The van der Waals surface area contributed by atoms with E-state index in [4.69, 9.17) is 0 Å². The number of fused-ring (bicyclic) bond motifs is 1. The normalized spacial score (nSPS) is 12.8. The Labute approximate surface area is 108 Å². The molecule has 0 bridgehead atoms. The van der Waals surface area contributed by atoms with Crippen LogP contribution in [0.25, 0.3) is 5.65 Å². The first-order valence-electron chi connectivity index (χ1n) is 5.59. The fraction of sp³-hybridized carbons (Fsp3) is 0.273. The molecule has 3 rings (SSSR count). The van der Waals surface area contributed by atoms with E-state index in [0.717, 1.165) is 5.82 Å². The first kappa shape index (κ1) is 11.1. The molecule has 3 heterocycles. The van der Waals surface area contributed by atoms with E-state index in [9.17, 15) is 0 Å². The molecule has 0 spiro atoms. The van der Waals surface area contributed by atoms with E-state index >= 15 is 0 Å². The lowest BCUT2D eigenvalue weighted by atomic mass is 10.3. The Hall–Kier alpha value is -2.02. The lowest BCUT2D eigenvalue weighted by molar-refractivity contribution is 0.801. The summed E-state index contributed by atoms with van der Waals surface area (Å²) in [6, 6.07) is 4.44. The molecule has 18 heavy (non-hydrogen) atoms. The van der Waals surface area contributed by atoms with E-state index < -0.39 is 0 Å². The summed E-state index contributed by atoms with van der Waals surface area (Å²) in [4.78, 5) is 6.69. The molecule has 1 unspecified atom stereocenters. The van der Waals surface area contributed by atoms with Crippen molar-refractivity contribution in [1.82, 2.24) is 25.0 Å². The molecule has 0 fully saturated rings. The second-order valence-corrected chi connectivity index (χ2v) is 5.38. The van der Waals surface area contributed by atoms with Gasteiger partial charge in [-0.05, 0) is 36.4 Å². The summed E-state index contributed by atoms with van der Waals surface area (Å²) in [5.41, 5.74) is 0.634. The summed E-state index contributed by atoms with van der Waals surface area (Å²) in [5, 5.41) is 14.8. The lowest BCUT2D eigenvalue weighted by Crippen LogP contribution is -2.09. The molecule has 0 saturated carbocycles. The van der Waals surface area contributed by atoms with Gasteiger partial charge in [0.25, 0.3) is 0 Å². The summed E-state index contributed by atoms with van der Waals surface area (Å²) in [5.74, 6) is 0.788. The number of rotatable bonds is 3. The van der Waals surface area contributed by atoms with Crippen molar-refractivity contribution >= 4 is 22.8 Å². The van der Waals surface area contributed by atoms with Gasteiger partial charge in [0.15, 0.2) is 11.5 Å². The van der Waals surface area contributed by atoms with Crippen LogP contribution in [0.2, 0.25) is 0 Å². The molecule has 0 amide bonds. The van der Waals surface area contributed by atoms with Crippen molar-refractivity contribution in [3.8, 4) is 0 Å². The van der Waals surface area contributed by atoms with Crippen LogP contribution >= 0.6 is 11.3 Å². The Bertz CT molecular complexity index is 673. The van der Waals surface area contributed by atoms with Gasteiger partial charge in [0.2, 0.25) is 0 Å². The topological polar surface area (TPSA) is 68.0 Å². The van der Waals surface area contributed by atoms with Crippen LogP contribution < -0.4 is 5.32 Å². The maximum Gasteiger partial charge on any atom is 0.199 e. The second-order valence-electron chi connectivity index (χ2n) is 4.06. The van der Waals surface area contributed by atoms with Crippen molar-refractivity contribution in [2.24, 2.45) is 0 Å². The number of thiophene rings is 1. The van der Waals surface area contributed by atoms with Crippen molar-refractivity contribution in [3.63, 3.8) is 0 Å². The third kappa shape index (κ3) is 1.92. The van der Waals surface area contributed by atoms with E-state index in [-0.39, 0.29) is 6.04 Å². The molecule has 92 valence electrons. The number of nitrogens with one attached hydrogen (secondary N) is 1. The van der Waals surface area contributed by atoms with Crippen molar-refractivity contribution in [2.45, 2.75) is 19.9 Å². The highest BCUT2D eigenvalue weighted by atomic mass is 32.1. The van der Waals surface area contributed by atoms with E-state index in [2.05, 4.69) is 51.8 Å². The van der Waals surface area contributed by atoms with Crippen LogP contribution in [0.1, 0.15) is 22.7 Å². The zero-order chi connectivity index (χ0) is 12.5. The van der Waals surface area contributed by atoms with E-state index in [1.165, 1.54) is 9.75 Å². The molecule has 0 aliphatic carbocycles. The molecule has 7 heteroatoms. The number of hydrogen-bond acceptors (Lipinski definition) is 6. The third-order valence-corrected chi connectivity index (χ3v) is 3.84. The van der Waals surface area contributed by atoms with Crippen molar-refractivity contribution in [1.29, 1.82) is 0 Å². The molecule has 1 N–H and O–H groups in total. The van der Waals surface area contributed by atoms with Gasteiger partial charge in [0, 0.05) is 9.75 Å². The van der Waals surface area contributed by atoms with Gasteiger partial charge >= 0.3 is 0 Å². The zero-order valence-electron chi connectivity index (χ0n) is 10.0. The van der Waals surface area contributed by atoms with Crippen LogP contribution in [0.4, 0.5) is 5.82 Å². The van der Waals surface area contributed by atoms with Gasteiger partial charge < -0.3 is 5.32 Å². The van der Waals surface area contributed by atoms with Crippen LogP contribution in [0.3, 0.4) is 0 Å². The standard InChI is InChI=1S/C11H12N6S/c1-7-3-4-9(18-7)8(2)13-10-5-12-6-11-14-15-16-17(10)11/h3-6,8,13H,1-2H3. The van der Waals surface area contributed by atoms with E-state index in [1.54, 1.807) is 28.2 Å². The number of tetrazole rings is 1. The highest BCUT2D eigenvalue weighted by molar-refractivity contribution is 7.12. The van der Waals surface area contributed by atoms with Gasteiger partial charge in [-0.2, -0.15) is 4.52 Å². The molecule has 0 saturated heterocycles. The summed E-state index contributed by atoms with van der Waals surface area (Å²) in [7, 11) is 0. The van der Waals surface area contributed by atoms with Crippen LogP contribution in [-0.4, -0.2) is 25.0 Å². The summed E-state index contributed by atoms with van der Waals surface area (Å²) < 4.78 is 1.64. The van der Waals surface area contributed by atoms with Crippen molar-refractivity contribution in [2.75, 3.05) is 5.32 Å². The Morgan fingerprint density at radius 1 is 1.33 bits per heavy atom. The minimum absolute atomic E-state index is 0.195. The average molecular weight is 260 g/mol. The first-order valence-corrected chi connectivity index (χ1v) is 6.40. The zero-order valence-corrected chi connectivity index (χ0v) is 10.8. The van der Waals surface area contributed by atoms with Gasteiger partial charge in [0.05, 0.1) is 18.4 Å². The molecular formula is C11H12N6S. The van der Waals surface area contributed by atoms with Gasteiger partial charge in [-0.1, -0.05) is 0 Å². The molecular weight excluding hydrogens is 248 g/mol. The Morgan fingerprint density at radius 2 is 2.22 bits per heavy atom. The van der Waals surface area contributed by atoms with Gasteiger partial charge in [-0.15, -0.1) is 16.4 Å². The maximum absolute atomic E-state index is 4.11. The minimum Gasteiger partial charge on any atom is -0.361 e. The van der Waals surface area contributed by atoms with Gasteiger partial charge in [-0.25, -0.2) is 0 Å². The highest BCUT2D eigenvalue weighted by Crippen LogP contribution is 2.25. The molecule has 3 aromatic heterocycles. The largest absolute Gasteiger partial charge is 0.361 e. The average Bonchev–Trinajstić information content (AvgIpc) is 2.97. The SMILES string of the molecule is Cc1ccc(C(C)Nc2cncc3nnnn23)s1. The lowest BCUT2D eigenvalue weighted by Gasteiger charge is -2.13. The molecule has 3 aromatic rings. The van der Waals surface area contributed by atoms with Gasteiger partial charge in [-0.3, -0.25) is 4.98 Å². The molecule has 0 radical (unpaired) electrons. The number of hydrogen-bond donors (Lipinski definition) is 1. The number of nitrogens with zero attached hydrogens (tertiary/aromatic N) is 5. The summed E-state index contributed by atoms with van der Waals surface area (Å²) in [6.07, 6.45) is 3.35. The predicted octanol–water partition coefficient (Wildman–Crippen LogP) is 2.06. The number of aromatic nitrogens is 5. The fourth-order valence-electron chi connectivity index (χ4n) is 1.75. The second kappa shape index (κ2) is 4.34. The smallest absolute Gasteiger partial charge is 0.199 e. The summed E-state index contributed by atoms with van der Waals surface area (Å²) in [6.45, 7) is 4.21. The monoisotopic (exact) mass is 260 g/mol. The number of aryl methyl sites for hydroxylation is 1.